The number of ketones is 1. The molecule has 1 aliphatic rings. The zero-order valence-corrected chi connectivity index (χ0v) is 19.1. The maximum absolute atomic E-state index is 12.8. The van der Waals surface area contributed by atoms with Crippen molar-refractivity contribution in [2.45, 2.75) is 58.6 Å². The first-order valence-electron chi connectivity index (χ1n) is 11.2. The monoisotopic (exact) mass is 436 g/mol. The predicted octanol–water partition coefficient (Wildman–Crippen LogP) is 4.11. The highest BCUT2D eigenvalue weighted by Gasteiger charge is 2.25. The van der Waals surface area contributed by atoms with Crippen molar-refractivity contribution in [1.29, 1.82) is 0 Å². The van der Waals surface area contributed by atoms with Crippen molar-refractivity contribution in [1.82, 2.24) is 20.4 Å². The molecule has 0 bridgehead atoms. The zero-order valence-electron chi connectivity index (χ0n) is 19.1. The Morgan fingerprint density at radius 3 is 2.31 bits per heavy atom. The number of likely N-dealkylation sites (tertiary alicyclic amines) is 1. The largest absolute Gasteiger partial charge is 0.490 e. The summed E-state index contributed by atoms with van der Waals surface area (Å²) >= 11 is 0. The molecule has 0 saturated carbocycles. The number of carbonyl (C=O) groups excluding carboxylic acids is 2. The van der Waals surface area contributed by atoms with E-state index in [1.807, 2.05) is 12.1 Å². The topological polar surface area (TPSA) is 84.4 Å². The molecule has 1 aromatic carbocycles. The van der Waals surface area contributed by atoms with Gasteiger partial charge in [-0.2, -0.15) is 0 Å². The number of piperidine rings is 1. The molecular formula is C25H32N4O3. The molecule has 1 fully saturated rings. The third-order valence-corrected chi connectivity index (χ3v) is 5.63. The lowest BCUT2D eigenvalue weighted by Crippen LogP contribution is -2.42. The van der Waals surface area contributed by atoms with Gasteiger partial charge in [0, 0.05) is 37.5 Å². The van der Waals surface area contributed by atoms with Crippen LogP contribution in [0.5, 0.6) is 5.75 Å². The summed E-state index contributed by atoms with van der Waals surface area (Å²) in [7, 11) is 0. The van der Waals surface area contributed by atoms with Crippen LogP contribution in [0.1, 0.15) is 73.0 Å². The number of amides is 1. The van der Waals surface area contributed by atoms with Crippen LogP contribution < -0.4 is 10.1 Å². The van der Waals surface area contributed by atoms with Crippen LogP contribution >= 0.6 is 0 Å². The number of aromatic nitrogens is 2. The Balaban J connectivity index is 1.50. The summed E-state index contributed by atoms with van der Waals surface area (Å²) in [4.78, 5) is 26.0. The van der Waals surface area contributed by atoms with Crippen LogP contribution in [0, 0.1) is 0 Å². The first-order valence-corrected chi connectivity index (χ1v) is 11.2. The van der Waals surface area contributed by atoms with E-state index in [4.69, 9.17) is 4.74 Å². The predicted molar refractivity (Wildman–Crippen MR) is 125 cm³/mol. The molecule has 2 heterocycles. The number of hydrogen-bond acceptors (Lipinski definition) is 6. The molecule has 1 N–H and O–H groups in total. The molecule has 1 amide bonds. The minimum absolute atomic E-state index is 0.0335. The molecule has 1 atom stereocenters. The van der Waals surface area contributed by atoms with Crippen LogP contribution in [-0.2, 0) is 0 Å². The molecule has 7 heteroatoms. The highest BCUT2D eigenvalue weighted by atomic mass is 16.5. The molecule has 1 saturated heterocycles. The van der Waals surface area contributed by atoms with E-state index in [-0.39, 0.29) is 17.8 Å². The van der Waals surface area contributed by atoms with E-state index < -0.39 is 0 Å². The number of Topliss-reactive ketones (excluding diaryl/α,β-unsaturated/α-hetero) is 1. The molecule has 1 aromatic heterocycles. The second-order valence-electron chi connectivity index (χ2n) is 8.31. The quantitative estimate of drug-likeness (QED) is 0.596. The second-order valence-corrected chi connectivity index (χ2v) is 8.31. The molecule has 0 aliphatic carbocycles. The average molecular weight is 437 g/mol. The molecule has 32 heavy (non-hydrogen) atoms. The van der Waals surface area contributed by atoms with Crippen molar-refractivity contribution in [2.75, 3.05) is 13.1 Å². The average Bonchev–Trinajstić information content (AvgIpc) is 2.79. The lowest BCUT2D eigenvalue weighted by Gasteiger charge is -2.32. The van der Waals surface area contributed by atoms with Crippen molar-refractivity contribution in [3.63, 3.8) is 0 Å². The summed E-state index contributed by atoms with van der Waals surface area (Å²) in [5.41, 5.74) is 2.36. The van der Waals surface area contributed by atoms with Gasteiger partial charge in [0.2, 0.25) is 0 Å². The number of rotatable bonds is 9. The Labute approximate surface area is 189 Å². The van der Waals surface area contributed by atoms with Crippen molar-refractivity contribution in [2.24, 2.45) is 0 Å². The summed E-state index contributed by atoms with van der Waals surface area (Å²) in [5.74, 6) is 0.653. The highest BCUT2D eigenvalue weighted by Crippen LogP contribution is 2.21. The van der Waals surface area contributed by atoms with E-state index >= 15 is 0 Å². The van der Waals surface area contributed by atoms with Gasteiger partial charge in [0.25, 0.3) is 5.91 Å². The van der Waals surface area contributed by atoms with Crippen LogP contribution in [-0.4, -0.2) is 52.0 Å². The van der Waals surface area contributed by atoms with E-state index in [2.05, 4.69) is 35.9 Å². The first-order chi connectivity index (χ1) is 15.4. The molecule has 1 unspecified atom stereocenters. The number of hydrogen-bond donors (Lipinski definition) is 1. The fraction of sp³-hybridized carbons (Fsp3) is 0.440. The summed E-state index contributed by atoms with van der Waals surface area (Å²) in [6.45, 7) is 11.0. The van der Waals surface area contributed by atoms with Gasteiger partial charge in [0.15, 0.2) is 11.5 Å². The van der Waals surface area contributed by atoms with Crippen LogP contribution in [0.15, 0.2) is 43.0 Å². The summed E-state index contributed by atoms with van der Waals surface area (Å²) in [6.07, 6.45) is 3.65. The van der Waals surface area contributed by atoms with Crippen molar-refractivity contribution in [3.05, 3.63) is 59.9 Å². The van der Waals surface area contributed by atoms with Crippen molar-refractivity contribution < 1.29 is 14.3 Å². The molecule has 2 aromatic rings. The summed E-state index contributed by atoms with van der Waals surface area (Å²) < 4.78 is 6.02. The summed E-state index contributed by atoms with van der Waals surface area (Å²) in [5, 5.41) is 11.6. The van der Waals surface area contributed by atoms with E-state index in [9.17, 15) is 9.59 Å². The smallest absolute Gasteiger partial charge is 0.274 e. The fourth-order valence-corrected chi connectivity index (χ4v) is 3.78. The van der Waals surface area contributed by atoms with E-state index in [1.165, 1.54) is 0 Å². The molecule has 7 nitrogen and oxygen atoms in total. The van der Waals surface area contributed by atoms with E-state index in [1.54, 1.807) is 36.1 Å². The Morgan fingerprint density at radius 2 is 1.75 bits per heavy atom. The maximum Gasteiger partial charge on any atom is 0.274 e. The van der Waals surface area contributed by atoms with Gasteiger partial charge in [-0.3, -0.25) is 9.59 Å². The lowest BCUT2D eigenvalue weighted by molar-refractivity contribution is 0.0589. The molecule has 3 rings (SSSR count). The fourth-order valence-electron chi connectivity index (χ4n) is 3.78. The minimum Gasteiger partial charge on any atom is -0.490 e. The van der Waals surface area contributed by atoms with E-state index in [0.717, 1.165) is 31.4 Å². The van der Waals surface area contributed by atoms with Gasteiger partial charge >= 0.3 is 0 Å². The van der Waals surface area contributed by atoms with Crippen molar-refractivity contribution in [3.8, 4) is 5.75 Å². The SMILES string of the molecule is C=C(NC(C)CCC)c1ccc(C(=O)N2CCC(Oc3ccc(C(C)=O)cc3)CC2)nn1. The van der Waals surface area contributed by atoms with E-state index in [0.29, 0.717) is 41.8 Å². The number of ether oxygens (including phenoxy) is 1. The van der Waals surface area contributed by atoms with Crippen LogP contribution in [0.2, 0.25) is 0 Å². The van der Waals surface area contributed by atoms with Crippen molar-refractivity contribution >= 4 is 17.4 Å². The molecule has 0 spiro atoms. The normalized spacial score (nSPS) is 15.2. The lowest BCUT2D eigenvalue weighted by atomic mass is 10.1. The van der Waals surface area contributed by atoms with Crippen LogP contribution in [0.25, 0.3) is 5.70 Å². The van der Waals surface area contributed by atoms with Gasteiger partial charge in [0.05, 0.1) is 5.70 Å². The zero-order chi connectivity index (χ0) is 23.1. The maximum atomic E-state index is 12.8. The van der Waals surface area contributed by atoms with Gasteiger partial charge in [0.1, 0.15) is 17.5 Å². The van der Waals surface area contributed by atoms with Gasteiger partial charge in [-0.15, -0.1) is 10.2 Å². The molecule has 1 aliphatic heterocycles. The van der Waals surface area contributed by atoms with Gasteiger partial charge < -0.3 is 15.0 Å². The first kappa shape index (κ1) is 23.4. The van der Waals surface area contributed by atoms with Gasteiger partial charge in [-0.25, -0.2) is 0 Å². The number of carbonyl (C=O) groups is 2. The number of nitrogens with one attached hydrogen (secondary N) is 1. The third kappa shape index (κ3) is 6.15. The number of benzene rings is 1. The minimum atomic E-state index is -0.119. The molecule has 170 valence electrons. The Kier molecular flexibility index (Phi) is 7.98. The summed E-state index contributed by atoms with van der Waals surface area (Å²) in [6, 6.07) is 11.0. The Morgan fingerprint density at radius 1 is 1.12 bits per heavy atom. The second kappa shape index (κ2) is 10.9. The van der Waals surface area contributed by atoms with Gasteiger partial charge in [-0.1, -0.05) is 19.9 Å². The third-order valence-electron chi connectivity index (χ3n) is 5.63. The highest BCUT2D eigenvalue weighted by molar-refractivity contribution is 5.94. The van der Waals surface area contributed by atoms with Gasteiger partial charge in [-0.05, 0) is 56.7 Å². The van der Waals surface area contributed by atoms with Crippen LogP contribution in [0.3, 0.4) is 0 Å². The molecule has 0 radical (unpaired) electrons. The Bertz CT molecular complexity index is 933. The molecular weight excluding hydrogens is 404 g/mol. The standard InChI is InChI=1S/C25H32N4O3/c1-5-6-17(2)26-18(3)23-11-12-24(28-27-23)25(31)29-15-13-22(14-16-29)32-21-9-7-20(8-10-21)19(4)30/h7-12,17,22,26H,3,5-6,13-16H2,1-2,4H3. The Hall–Kier alpha value is -3.22. The number of nitrogens with zero attached hydrogens (tertiary/aromatic N) is 3. The van der Waals surface area contributed by atoms with Crippen LogP contribution in [0.4, 0.5) is 0 Å².